The van der Waals surface area contributed by atoms with E-state index < -0.39 is 0 Å². The molecule has 1 unspecified atom stereocenters. The summed E-state index contributed by atoms with van der Waals surface area (Å²) in [6.45, 7) is 2.33. The molecule has 0 radical (unpaired) electrons. The fraction of sp³-hybridized carbons (Fsp3) is 0.800. The molecule has 0 aromatic carbocycles. The van der Waals surface area contributed by atoms with Gasteiger partial charge >= 0.3 is 6.03 Å². The summed E-state index contributed by atoms with van der Waals surface area (Å²) in [5.41, 5.74) is 0. The molecular formula is C10H16N2O2. The Morgan fingerprint density at radius 2 is 2.21 bits per heavy atom. The summed E-state index contributed by atoms with van der Waals surface area (Å²) in [5.74, 6) is 0.632. The third kappa shape index (κ3) is 1.89. The van der Waals surface area contributed by atoms with E-state index in [-0.39, 0.29) is 24.5 Å². The summed E-state index contributed by atoms with van der Waals surface area (Å²) in [7, 11) is 0. The van der Waals surface area contributed by atoms with Crippen LogP contribution in [0, 0.1) is 5.92 Å². The number of hydrogen-bond acceptors (Lipinski definition) is 2. The van der Waals surface area contributed by atoms with Crippen LogP contribution in [-0.4, -0.2) is 29.4 Å². The maximum Gasteiger partial charge on any atom is 0.324 e. The van der Waals surface area contributed by atoms with Crippen molar-refractivity contribution in [1.29, 1.82) is 0 Å². The predicted molar refractivity (Wildman–Crippen MR) is 51.7 cm³/mol. The molecule has 14 heavy (non-hydrogen) atoms. The van der Waals surface area contributed by atoms with E-state index in [4.69, 9.17) is 0 Å². The molecule has 2 rings (SSSR count). The van der Waals surface area contributed by atoms with E-state index in [2.05, 4.69) is 12.2 Å². The van der Waals surface area contributed by atoms with Gasteiger partial charge in [0, 0.05) is 6.04 Å². The average molecular weight is 196 g/mol. The first-order valence-corrected chi connectivity index (χ1v) is 5.31. The van der Waals surface area contributed by atoms with Gasteiger partial charge in [0.2, 0.25) is 5.91 Å². The van der Waals surface area contributed by atoms with Crippen molar-refractivity contribution in [3.8, 4) is 0 Å². The van der Waals surface area contributed by atoms with Crippen LogP contribution in [0.5, 0.6) is 0 Å². The zero-order chi connectivity index (χ0) is 10.1. The number of carbonyl (C=O) groups excluding carboxylic acids is 2. The van der Waals surface area contributed by atoms with Crippen LogP contribution in [0.25, 0.3) is 0 Å². The highest BCUT2D eigenvalue weighted by molar-refractivity contribution is 6.02. The number of imide groups is 1. The van der Waals surface area contributed by atoms with E-state index in [9.17, 15) is 9.59 Å². The molecule has 2 aliphatic rings. The topological polar surface area (TPSA) is 49.4 Å². The summed E-state index contributed by atoms with van der Waals surface area (Å²) < 4.78 is 0. The van der Waals surface area contributed by atoms with Gasteiger partial charge in [-0.2, -0.15) is 0 Å². The molecule has 1 saturated carbocycles. The van der Waals surface area contributed by atoms with Gasteiger partial charge in [-0.1, -0.05) is 19.8 Å². The molecule has 0 aromatic rings. The summed E-state index contributed by atoms with van der Waals surface area (Å²) in [5, 5.41) is 2.32. The van der Waals surface area contributed by atoms with E-state index >= 15 is 0 Å². The van der Waals surface area contributed by atoms with Gasteiger partial charge in [0.25, 0.3) is 0 Å². The Balaban J connectivity index is 1.95. The molecule has 1 aliphatic heterocycles. The minimum Gasteiger partial charge on any atom is -0.312 e. The van der Waals surface area contributed by atoms with E-state index in [0.29, 0.717) is 0 Å². The lowest BCUT2D eigenvalue weighted by atomic mass is 10.1. The number of hydrogen-bond donors (Lipinski definition) is 1. The number of urea groups is 1. The van der Waals surface area contributed by atoms with Crippen molar-refractivity contribution >= 4 is 11.9 Å². The van der Waals surface area contributed by atoms with Gasteiger partial charge in [0.1, 0.15) is 6.54 Å². The van der Waals surface area contributed by atoms with E-state index in [1.165, 1.54) is 12.8 Å². The first-order chi connectivity index (χ1) is 6.70. The molecule has 2 fully saturated rings. The summed E-state index contributed by atoms with van der Waals surface area (Å²) >= 11 is 0. The quantitative estimate of drug-likeness (QED) is 0.685. The second-order valence-electron chi connectivity index (χ2n) is 4.22. The van der Waals surface area contributed by atoms with E-state index in [1.807, 2.05) is 0 Å². The highest BCUT2D eigenvalue weighted by Gasteiger charge is 2.35. The number of nitrogens with zero attached hydrogens (tertiary/aromatic N) is 1. The van der Waals surface area contributed by atoms with Gasteiger partial charge in [-0.05, 0) is 18.8 Å². The highest BCUT2D eigenvalue weighted by atomic mass is 16.2. The van der Waals surface area contributed by atoms with Crippen molar-refractivity contribution in [1.82, 2.24) is 10.2 Å². The molecule has 0 bridgehead atoms. The Kier molecular flexibility index (Phi) is 2.44. The van der Waals surface area contributed by atoms with Gasteiger partial charge in [0.05, 0.1) is 0 Å². The van der Waals surface area contributed by atoms with Crippen molar-refractivity contribution in [3.63, 3.8) is 0 Å². The Morgan fingerprint density at radius 1 is 1.50 bits per heavy atom. The van der Waals surface area contributed by atoms with Gasteiger partial charge in [-0.15, -0.1) is 0 Å². The van der Waals surface area contributed by atoms with Crippen molar-refractivity contribution in [2.75, 3.05) is 6.54 Å². The normalized spacial score (nSPS) is 23.9. The molecule has 0 spiro atoms. The Morgan fingerprint density at radius 3 is 2.64 bits per heavy atom. The maximum atomic E-state index is 11.4. The number of nitrogens with one attached hydrogen (secondary N) is 1. The zero-order valence-electron chi connectivity index (χ0n) is 8.45. The summed E-state index contributed by atoms with van der Waals surface area (Å²) in [6.07, 6.45) is 4.59. The molecule has 3 amide bonds. The van der Waals surface area contributed by atoms with Crippen LogP contribution in [0.1, 0.15) is 32.6 Å². The average Bonchev–Trinajstić information content (AvgIpc) is 2.89. The second kappa shape index (κ2) is 3.59. The monoisotopic (exact) mass is 196 g/mol. The van der Waals surface area contributed by atoms with Crippen molar-refractivity contribution in [2.24, 2.45) is 5.92 Å². The smallest absolute Gasteiger partial charge is 0.312 e. The van der Waals surface area contributed by atoms with Gasteiger partial charge in [-0.3, -0.25) is 10.1 Å². The Bertz CT molecular complexity index is 261. The minimum atomic E-state index is -0.206. The Hall–Kier alpha value is -1.06. The number of carbonyl (C=O) groups is 2. The number of rotatable bonds is 4. The van der Waals surface area contributed by atoms with Crippen molar-refractivity contribution < 1.29 is 9.59 Å². The molecule has 1 atom stereocenters. The standard InChI is InChI=1S/C10H16N2O2/c1-2-8(5-7-3-4-7)12-6-9(13)11-10(12)14/h7-8H,2-6H2,1H3,(H,11,13,14). The first kappa shape index (κ1) is 9.49. The molecule has 1 N–H and O–H groups in total. The lowest BCUT2D eigenvalue weighted by Gasteiger charge is -2.24. The van der Waals surface area contributed by atoms with Crippen LogP contribution in [0.2, 0.25) is 0 Å². The molecule has 1 heterocycles. The molecular weight excluding hydrogens is 180 g/mol. The molecule has 1 aliphatic carbocycles. The highest BCUT2D eigenvalue weighted by Crippen LogP contribution is 2.35. The number of amides is 3. The predicted octanol–water partition coefficient (Wildman–Crippen LogP) is 1.12. The van der Waals surface area contributed by atoms with Gasteiger partial charge in [-0.25, -0.2) is 4.79 Å². The van der Waals surface area contributed by atoms with Crippen LogP contribution < -0.4 is 5.32 Å². The Labute approximate surface area is 83.6 Å². The fourth-order valence-corrected chi connectivity index (χ4v) is 2.00. The SMILES string of the molecule is CCC(CC1CC1)N1CC(=O)NC1=O. The van der Waals surface area contributed by atoms with Crippen LogP contribution in [-0.2, 0) is 4.79 Å². The fourth-order valence-electron chi connectivity index (χ4n) is 2.00. The third-order valence-electron chi connectivity index (χ3n) is 3.04. The second-order valence-corrected chi connectivity index (χ2v) is 4.22. The first-order valence-electron chi connectivity index (χ1n) is 5.31. The molecule has 4 heteroatoms. The van der Waals surface area contributed by atoms with Gasteiger partial charge < -0.3 is 4.90 Å². The van der Waals surface area contributed by atoms with Crippen LogP contribution in [0.15, 0.2) is 0 Å². The van der Waals surface area contributed by atoms with Crippen LogP contribution in [0.4, 0.5) is 4.79 Å². The maximum absolute atomic E-state index is 11.4. The molecule has 0 aromatic heterocycles. The van der Waals surface area contributed by atoms with Gasteiger partial charge in [0.15, 0.2) is 0 Å². The van der Waals surface area contributed by atoms with Crippen molar-refractivity contribution in [3.05, 3.63) is 0 Å². The van der Waals surface area contributed by atoms with Crippen LogP contribution in [0.3, 0.4) is 0 Å². The molecule has 78 valence electrons. The van der Waals surface area contributed by atoms with Crippen molar-refractivity contribution in [2.45, 2.75) is 38.6 Å². The zero-order valence-corrected chi connectivity index (χ0v) is 8.45. The lowest BCUT2D eigenvalue weighted by molar-refractivity contribution is -0.118. The van der Waals surface area contributed by atoms with E-state index in [0.717, 1.165) is 18.8 Å². The van der Waals surface area contributed by atoms with E-state index in [1.54, 1.807) is 4.90 Å². The largest absolute Gasteiger partial charge is 0.324 e. The van der Waals surface area contributed by atoms with Crippen LogP contribution >= 0.6 is 0 Å². The third-order valence-corrected chi connectivity index (χ3v) is 3.04. The summed E-state index contributed by atoms with van der Waals surface area (Å²) in [4.78, 5) is 24.1. The molecule has 4 nitrogen and oxygen atoms in total. The minimum absolute atomic E-state index is 0.163. The summed E-state index contributed by atoms with van der Waals surface area (Å²) in [6, 6.07) is 0.0523. The molecule has 1 saturated heterocycles. The lowest BCUT2D eigenvalue weighted by Crippen LogP contribution is -2.37.